The Morgan fingerprint density at radius 3 is 2.71 bits per heavy atom. The van der Waals surface area contributed by atoms with Crippen molar-refractivity contribution in [3.8, 4) is 0 Å². The van der Waals surface area contributed by atoms with Crippen LogP contribution in [0.15, 0.2) is 18.3 Å². The molecule has 94 valence electrons. The number of hydrogen-bond donors (Lipinski definition) is 1. The smallest absolute Gasteiger partial charge is 0.362 e. The number of carbonyl (C=O) groups is 1. The molecule has 1 rings (SSSR count). The lowest BCUT2D eigenvalue weighted by molar-refractivity contribution is -0.174. The predicted molar refractivity (Wildman–Crippen MR) is 54.5 cm³/mol. The molecule has 1 aromatic heterocycles. The van der Waals surface area contributed by atoms with E-state index in [0.29, 0.717) is 0 Å². The van der Waals surface area contributed by atoms with Gasteiger partial charge in [-0.15, -0.1) is 0 Å². The van der Waals surface area contributed by atoms with Crippen molar-refractivity contribution in [3.05, 3.63) is 23.9 Å². The van der Waals surface area contributed by atoms with E-state index in [2.05, 4.69) is 15.0 Å². The van der Waals surface area contributed by atoms with E-state index < -0.39 is 25.3 Å². The first-order valence-electron chi connectivity index (χ1n) is 4.74. The summed E-state index contributed by atoms with van der Waals surface area (Å²) < 4.78 is 39.3. The monoisotopic (exact) mass is 248 g/mol. The van der Waals surface area contributed by atoms with Crippen LogP contribution in [0.5, 0.6) is 0 Å². The lowest BCUT2D eigenvalue weighted by atomic mass is 10.3. The zero-order valence-electron chi connectivity index (χ0n) is 9.04. The molecule has 0 fully saturated rings. The summed E-state index contributed by atoms with van der Waals surface area (Å²) in [5.41, 5.74) is 0.913. The van der Waals surface area contributed by atoms with Gasteiger partial charge in [-0.1, -0.05) is 6.07 Å². The molecule has 0 unspecified atom stereocenters. The number of aromatic nitrogens is 1. The largest absolute Gasteiger partial charge is 0.411 e. The van der Waals surface area contributed by atoms with Crippen LogP contribution < -0.4 is 5.32 Å². The van der Waals surface area contributed by atoms with Gasteiger partial charge in [-0.25, -0.2) is 4.98 Å². The van der Waals surface area contributed by atoms with Crippen LogP contribution in [-0.2, 0) is 9.53 Å². The zero-order valence-corrected chi connectivity index (χ0v) is 9.04. The van der Waals surface area contributed by atoms with Crippen molar-refractivity contribution in [2.75, 3.05) is 18.5 Å². The highest BCUT2D eigenvalue weighted by Gasteiger charge is 2.27. The minimum Gasteiger partial charge on any atom is -0.362 e. The van der Waals surface area contributed by atoms with E-state index in [9.17, 15) is 18.0 Å². The van der Waals surface area contributed by atoms with Crippen molar-refractivity contribution in [1.29, 1.82) is 0 Å². The predicted octanol–water partition coefficient (Wildman–Crippen LogP) is 1.91. The summed E-state index contributed by atoms with van der Waals surface area (Å²) in [4.78, 5) is 15.0. The maximum absolute atomic E-state index is 11.7. The topological polar surface area (TPSA) is 51.2 Å². The molecule has 0 saturated heterocycles. The van der Waals surface area contributed by atoms with Gasteiger partial charge in [0.25, 0.3) is 5.91 Å². The number of pyridine rings is 1. The highest BCUT2D eigenvalue weighted by atomic mass is 19.4. The summed E-state index contributed by atoms with van der Waals surface area (Å²) >= 11 is 0. The molecule has 0 atom stereocenters. The molecule has 7 heteroatoms. The minimum atomic E-state index is -4.43. The summed E-state index contributed by atoms with van der Waals surface area (Å²) in [6.45, 7) is -0.276. The number of carbonyl (C=O) groups excluding carboxylic acids is 1. The van der Waals surface area contributed by atoms with Crippen LogP contribution in [-0.4, -0.2) is 30.3 Å². The summed E-state index contributed by atoms with van der Waals surface area (Å²) in [7, 11) is 0. The van der Waals surface area contributed by atoms with Gasteiger partial charge in [0.05, 0.1) is 0 Å². The van der Waals surface area contributed by atoms with Crippen LogP contribution >= 0.6 is 0 Å². The maximum Gasteiger partial charge on any atom is 0.411 e. The van der Waals surface area contributed by atoms with E-state index in [0.717, 1.165) is 5.56 Å². The van der Waals surface area contributed by atoms with Crippen molar-refractivity contribution in [2.24, 2.45) is 0 Å². The third kappa shape index (κ3) is 5.86. The Balaban J connectivity index is 2.32. The standard InChI is InChI=1S/C10H11F3N2O2/c1-7-2-3-8(14-4-7)15-9(16)5-17-6-10(11,12)13/h2-4H,5-6H2,1H3,(H,14,15,16). The maximum atomic E-state index is 11.7. The molecule has 0 spiro atoms. The summed E-state index contributed by atoms with van der Waals surface area (Å²) in [6.07, 6.45) is -2.89. The Labute approximate surface area is 95.8 Å². The van der Waals surface area contributed by atoms with E-state index in [-0.39, 0.29) is 5.82 Å². The Morgan fingerprint density at radius 1 is 1.47 bits per heavy atom. The number of aryl methyl sites for hydroxylation is 1. The number of hydrogen-bond acceptors (Lipinski definition) is 3. The van der Waals surface area contributed by atoms with Crippen LogP contribution in [0.4, 0.5) is 19.0 Å². The normalized spacial score (nSPS) is 11.3. The fraction of sp³-hybridized carbons (Fsp3) is 0.400. The highest BCUT2D eigenvalue weighted by Crippen LogP contribution is 2.14. The first-order chi connectivity index (χ1) is 7.87. The van der Waals surface area contributed by atoms with Crippen LogP contribution in [0.2, 0.25) is 0 Å². The molecule has 0 saturated carbocycles. The molecule has 1 heterocycles. The molecule has 17 heavy (non-hydrogen) atoms. The van der Waals surface area contributed by atoms with E-state index >= 15 is 0 Å². The van der Waals surface area contributed by atoms with Crippen molar-refractivity contribution >= 4 is 11.7 Å². The van der Waals surface area contributed by atoms with Crippen LogP contribution in [0.25, 0.3) is 0 Å². The van der Waals surface area contributed by atoms with E-state index in [1.54, 1.807) is 12.1 Å². The Kier molecular flexibility index (Phi) is 4.45. The number of rotatable bonds is 4. The van der Waals surface area contributed by atoms with Crippen molar-refractivity contribution < 1.29 is 22.7 Å². The molecule has 1 aromatic rings. The van der Waals surface area contributed by atoms with Crippen LogP contribution in [0.3, 0.4) is 0 Å². The number of nitrogens with zero attached hydrogens (tertiary/aromatic N) is 1. The number of anilines is 1. The Morgan fingerprint density at radius 2 is 2.18 bits per heavy atom. The van der Waals surface area contributed by atoms with E-state index in [1.807, 2.05) is 6.92 Å². The van der Waals surface area contributed by atoms with Crippen molar-refractivity contribution in [1.82, 2.24) is 4.98 Å². The number of ether oxygens (including phenoxy) is 1. The number of halogens is 3. The first kappa shape index (κ1) is 13.4. The molecular weight excluding hydrogens is 237 g/mol. The van der Waals surface area contributed by atoms with E-state index in [4.69, 9.17) is 0 Å². The fourth-order valence-electron chi connectivity index (χ4n) is 0.980. The second-order valence-electron chi connectivity index (χ2n) is 3.38. The second kappa shape index (κ2) is 5.62. The van der Waals surface area contributed by atoms with Gasteiger partial charge >= 0.3 is 6.18 Å². The molecule has 0 aromatic carbocycles. The van der Waals surface area contributed by atoms with Crippen molar-refractivity contribution in [2.45, 2.75) is 13.1 Å². The lowest BCUT2D eigenvalue weighted by Gasteiger charge is -2.07. The quantitative estimate of drug-likeness (QED) is 0.885. The molecule has 0 bridgehead atoms. The van der Waals surface area contributed by atoms with Crippen LogP contribution in [0, 0.1) is 6.92 Å². The number of nitrogens with one attached hydrogen (secondary N) is 1. The molecule has 1 N–H and O–H groups in total. The first-order valence-corrected chi connectivity index (χ1v) is 4.74. The SMILES string of the molecule is Cc1ccc(NC(=O)COCC(F)(F)F)nc1. The summed E-state index contributed by atoms with van der Waals surface area (Å²) in [5.74, 6) is -0.401. The molecule has 0 aliphatic rings. The van der Waals surface area contributed by atoms with Gasteiger partial charge < -0.3 is 10.1 Å². The molecular formula is C10H11F3N2O2. The third-order valence-electron chi connectivity index (χ3n) is 1.68. The molecule has 1 amide bonds. The second-order valence-corrected chi connectivity index (χ2v) is 3.38. The van der Waals surface area contributed by atoms with Gasteiger partial charge in [-0.2, -0.15) is 13.2 Å². The molecule has 0 radical (unpaired) electrons. The lowest BCUT2D eigenvalue weighted by Crippen LogP contribution is -2.24. The summed E-state index contributed by atoms with van der Waals surface area (Å²) in [6, 6.07) is 3.27. The average Bonchev–Trinajstić information content (AvgIpc) is 2.19. The number of amides is 1. The van der Waals surface area contributed by atoms with Crippen molar-refractivity contribution in [3.63, 3.8) is 0 Å². The molecule has 0 aliphatic heterocycles. The van der Waals surface area contributed by atoms with Gasteiger partial charge in [-0.3, -0.25) is 4.79 Å². The molecule has 4 nitrogen and oxygen atoms in total. The zero-order chi connectivity index (χ0) is 12.9. The fourth-order valence-corrected chi connectivity index (χ4v) is 0.980. The Hall–Kier alpha value is -1.63. The van der Waals surface area contributed by atoms with Gasteiger partial charge in [0, 0.05) is 6.20 Å². The Bertz CT molecular complexity index is 376. The number of alkyl halides is 3. The van der Waals surface area contributed by atoms with Gasteiger partial charge in [0.1, 0.15) is 19.0 Å². The van der Waals surface area contributed by atoms with Gasteiger partial charge in [0.15, 0.2) is 0 Å². The summed E-state index contributed by atoms with van der Waals surface area (Å²) in [5, 5.41) is 2.31. The van der Waals surface area contributed by atoms with Crippen LogP contribution in [0.1, 0.15) is 5.56 Å². The highest BCUT2D eigenvalue weighted by molar-refractivity contribution is 5.90. The van der Waals surface area contributed by atoms with Gasteiger partial charge in [-0.05, 0) is 18.6 Å². The average molecular weight is 248 g/mol. The third-order valence-corrected chi connectivity index (χ3v) is 1.68. The minimum absolute atomic E-state index is 0.274. The van der Waals surface area contributed by atoms with Gasteiger partial charge in [0.2, 0.25) is 0 Å². The van der Waals surface area contributed by atoms with E-state index in [1.165, 1.54) is 6.20 Å². The molecule has 0 aliphatic carbocycles.